The first kappa shape index (κ1) is 46.5. The molecule has 0 unspecified atom stereocenters. The lowest BCUT2D eigenvalue weighted by atomic mass is 10.0. The van der Waals surface area contributed by atoms with Crippen molar-refractivity contribution in [3.63, 3.8) is 0 Å². The molecular formula is C46H64N14O2. The van der Waals surface area contributed by atoms with Gasteiger partial charge >= 0.3 is 0 Å². The third-order valence-electron chi connectivity index (χ3n) is 10.4. The molecule has 2 amide bonds. The summed E-state index contributed by atoms with van der Waals surface area (Å²) in [4.78, 5) is 47.5. The van der Waals surface area contributed by atoms with Crippen molar-refractivity contribution in [2.45, 2.75) is 73.4 Å². The van der Waals surface area contributed by atoms with Crippen LogP contribution in [0.1, 0.15) is 74.5 Å². The summed E-state index contributed by atoms with van der Waals surface area (Å²) in [6.45, 7) is 24.4. The van der Waals surface area contributed by atoms with Gasteiger partial charge in [-0.15, -0.1) is 0 Å². The Morgan fingerprint density at radius 2 is 1.32 bits per heavy atom. The van der Waals surface area contributed by atoms with Gasteiger partial charge in [-0.05, 0) is 113 Å². The molecule has 3 heterocycles. The van der Waals surface area contributed by atoms with Crippen LogP contribution in [-0.4, -0.2) is 93.1 Å². The van der Waals surface area contributed by atoms with Crippen LogP contribution in [0.3, 0.4) is 0 Å². The number of nitrogens with two attached hydrogens (primary N) is 4. The molecule has 5 rings (SSSR count). The number of aliphatic imine (C=N–C) groups is 2. The summed E-state index contributed by atoms with van der Waals surface area (Å²) in [5.41, 5.74) is 33.0. The number of nitrogens with one attached hydrogen (secondary N) is 3. The molecule has 0 aliphatic carbocycles. The minimum absolute atomic E-state index is 0.204. The number of fused-ring (bicyclic) bond motifs is 2. The predicted octanol–water partition coefficient (Wildman–Crippen LogP) is 4.97. The monoisotopic (exact) mass is 845 g/mol. The molecule has 2 aromatic heterocycles. The van der Waals surface area contributed by atoms with E-state index in [2.05, 4.69) is 50.1 Å². The molecule has 16 nitrogen and oxygen atoms in total. The topological polar surface area (TPSA) is 238 Å². The molecule has 330 valence electrons. The van der Waals surface area contributed by atoms with Gasteiger partial charge in [-0.2, -0.15) is 0 Å². The summed E-state index contributed by atoms with van der Waals surface area (Å²) in [6.07, 6.45) is 10.8. The minimum atomic E-state index is -0.532. The third-order valence-corrected chi connectivity index (χ3v) is 10.4. The second-order valence-corrected chi connectivity index (χ2v) is 15.4. The number of nitrogens with zero attached hydrogens (tertiary/aromatic N) is 7. The predicted molar refractivity (Wildman–Crippen MR) is 255 cm³/mol. The van der Waals surface area contributed by atoms with Crippen LogP contribution in [-0.2, 0) is 30.7 Å². The van der Waals surface area contributed by atoms with E-state index in [1.165, 1.54) is 0 Å². The Hall–Kier alpha value is -6.52. The van der Waals surface area contributed by atoms with Crippen LogP contribution >= 0.6 is 0 Å². The number of allylic oxidation sites excluding steroid dienone is 5. The van der Waals surface area contributed by atoms with Crippen molar-refractivity contribution < 1.29 is 9.59 Å². The number of piperazine rings is 1. The van der Waals surface area contributed by atoms with Crippen molar-refractivity contribution in [3.8, 4) is 0 Å². The van der Waals surface area contributed by atoms with Crippen LogP contribution in [0.15, 0.2) is 88.8 Å². The average Bonchev–Trinajstić information content (AvgIpc) is 3.76. The number of primary amides is 1. The summed E-state index contributed by atoms with van der Waals surface area (Å²) >= 11 is 0. The fourth-order valence-corrected chi connectivity index (χ4v) is 7.54. The first-order valence-corrected chi connectivity index (χ1v) is 21.4. The van der Waals surface area contributed by atoms with Crippen LogP contribution < -0.4 is 38.9 Å². The van der Waals surface area contributed by atoms with E-state index in [1.54, 1.807) is 32.1 Å². The van der Waals surface area contributed by atoms with Crippen molar-refractivity contribution in [2.75, 3.05) is 56.4 Å². The SMILES string of the molecule is C=C(Nc1nc2cc(C(N)=O)cc(CC)c2n1C/C=C/Cn1c(NC(=O)C(C=C(C)N)=NCC)nc2cc(C(=C)N)cc(CCCCN3CCNCC3)c21)C(C=C(C)N)=NCC. The van der Waals surface area contributed by atoms with Crippen molar-refractivity contribution in [2.24, 2.45) is 32.9 Å². The Morgan fingerprint density at radius 1 is 0.774 bits per heavy atom. The number of carbonyl (C=O) groups is 2. The second-order valence-electron chi connectivity index (χ2n) is 15.4. The molecule has 0 spiro atoms. The number of unbranched alkanes of at least 4 members (excludes halogenated alkanes) is 1. The Balaban J connectivity index is 1.57. The van der Waals surface area contributed by atoms with Gasteiger partial charge < -0.3 is 47.6 Å². The molecule has 1 aliphatic heterocycles. The Kier molecular flexibility index (Phi) is 16.4. The molecular weight excluding hydrogens is 781 g/mol. The third kappa shape index (κ3) is 11.9. The summed E-state index contributed by atoms with van der Waals surface area (Å²) in [7, 11) is 0. The van der Waals surface area contributed by atoms with Gasteiger partial charge in [0.25, 0.3) is 5.91 Å². The van der Waals surface area contributed by atoms with Crippen molar-refractivity contribution in [3.05, 3.63) is 101 Å². The van der Waals surface area contributed by atoms with Gasteiger partial charge in [0, 0.05) is 75.0 Å². The quantitative estimate of drug-likeness (QED) is 0.0338. The van der Waals surface area contributed by atoms with E-state index in [1.807, 2.05) is 54.2 Å². The molecule has 0 atom stereocenters. The fourth-order valence-electron chi connectivity index (χ4n) is 7.54. The van der Waals surface area contributed by atoms with Crippen LogP contribution in [0.25, 0.3) is 27.8 Å². The number of aryl methyl sites for hydroxylation is 2. The van der Waals surface area contributed by atoms with Gasteiger partial charge in [0.2, 0.25) is 17.8 Å². The highest BCUT2D eigenvalue weighted by molar-refractivity contribution is 6.47. The number of benzene rings is 2. The molecule has 11 N–H and O–H groups in total. The number of rotatable bonds is 21. The molecule has 1 aliphatic rings. The van der Waals surface area contributed by atoms with E-state index in [4.69, 9.17) is 32.9 Å². The largest absolute Gasteiger partial charge is 0.402 e. The minimum Gasteiger partial charge on any atom is -0.402 e. The molecule has 1 saturated heterocycles. The van der Waals surface area contributed by atoms with Gasteiger partial charge in [0.05, 0.1) is 33.5 Å². The molecule has 16 heteroatoms. The van der Waals surface area contributed by atoms with Gasteiger partial charge in [-0.3, -0.25) is 24.9 Å². The zero-order chi connectivity index (χ0) is 44.9. The lowest BCUT2D eigenvalue weighted by Crippen LogP contribution is -2.43. The number of anilines is 2. The number of amides is 2. The van der Waals surface area contributed by atoms with Gasteiger partial charge in [0.1, 0.15) is 5.71 Å². The van der Waals surface area contributed by atoms with Gasteiger partial charge in [-0.25, -0.2) is 9.97 Å². The van der Waals surface area contributed by atoms with E-state index in [0.29, 0.717) is 89.6 Å². The number of hydrogen-bond donors (Lipinski definition) is 7. The maximum absolute atomic E-state index is 13.8. The average molecular weight is 845 g/mol. The number of imidazole rings is 2. The lowest BCUT2D eigenvalue weighted by molar-refractivity contribution is -0.110. The first-order valence-electron chi connectivity index (χ1n) is 21.4. The molecule has 2 aromatic carbocycles. The highest BCUT2D eigenvalue weighted by atomic mass is 16.2. The summed E-state index contributed by atoms with van der Waals surface area (Å²) < 4.78 is 4.05. The highest BCUT2D eigenvalue weighted by Crippen LogP contribution is 2.30. The number of aromatic nitrogens is 4. The summed E-state index contributed by atoms with van der Waals surface area (Å²) in [5.74, 6) is -0.0987. The van der Waals surface area contributed by atoms with E-state index in [-0.39, 0.29) is 5.71 Å². The molecule has 0 radical (unpaired) electrons. The van der Waals surface area contributed by atoms with Crippen LogP contribution in [0.5, 0.6) is 0 Å². The van der Waals surface area contributed by atoms with Gasteiger partial charge in [0.15, 0.2) is 0 Å². The van der Waals surface area contributed by atoms with E-state index < -0.39 is 11.8 Å². The van der Waals surface area contributed by atoms with Crippen LogP contribution in [0, 0.1) is 0 Å². The molecule has 0 bridgehead atoms. The van der Waals surface area contributed by atoms with E-state index in [9.17, 15) is 9.59 Å². The second kappa shape index (κ2) is 21.8. The molecule has 0 saturated carbocycles. The Bertz CT molecular complexity index is 2450. The standard InChI is InChI=1S/C46H64N14O2/c1-8-33-25-36(43(50)61)28-39-41(33)59(45(55-39)54-32(7)37(52-9-2)23-29(4)47)19-13-14-20-60-42-34(15-11-12-18-58-21-16-51-17-22-58)26-35(31(6)49)27-38(42)56-46(60)57-44(62)40(53-10-3)24-30(5)48/h13-14,23-28,51H,6-12,15-22,47-49H2,1-5H3,(H2,50,61)(H,54,55)(H,56,57,62)/b14-13+,29-23?,30-24?,52-37?,53-40?. The van der Waals surface area contributed by atoms with Crippen LogP contribution in [0.4, 0.5) is 11.9 Å². The summed E-state index contributed by atoms with van der Waals surface area (Å²) in [6, 6.07) is 7.51. The fraction of sp³-hybridized carbons (Fsp3) is 0.391. The zero-order valence-corrected chi connectivity index (χ0v) is 37.0. The van der Waals surface area contributed by atoms with Crippen LogP contribution in [0.2, 0.25) is 0 Å². The molecule has 4 aromatic rings. The number of hydrogen-bond acceptors (Lipinski definition) is 12. The Morgan fingerprint density at radius 3 is 1.89 bits per heavy atom. The molecule has 62 heavy (non-hydrogen) atoms. The number of carbonyl (C=O) groups excluding carboxylic acids is 2. The van der Waals surface area contributed by atoms with E-state index in [0.717, 1.165) is 79.7 Å². The maximum Gasteiger partial charge on any atom is 0.276 e. The molecule has 1 fully saturated rings. The van der Waals surface area contributed by atoms with Crippen molar-refractivity contribution >= 4 is 62.9 Å². The maximum atomic E-state index is 13.8. The van der Waals surface area contributed by atoms with Crippen molar-refractivity contribution in [1.29, 1.82) is 0 Å². The van der Waals surface area contributed by atoms with Crippen molar-refractivity contribution in [1.82, 2.24) is 29.3 Å². The normalized spacial score (nSPS) is 14.6. The first-order chi connectivity index (χ1) is 29.7. The van der Waals surface area contributed by atoms with Gasteiger partial charge in [-0.1, -0.05) is 32.2 Å². The zero-order valence-electron chi connectivity index (χ0n) is 37.0. The van der Waals surface area contributed by atoms with E-state index >= 15 is 0 Å². The lowest BCUT2D eigenvalue weighted by Gasteiger charge is -2.27. The Labute approximate surface area is 364 Å². The summed E-state index contributed by atoms with van der Waals surface area (Å²) in [5, 5.41) is 9.82. The highest BCUT2D eigenvalue weighted by Gasteiger charge is 2.21. The smallest absolute Gasteiger partial charge is 0.276 e.